The number of benzene rings is 3. The monoisotopic (exact) mass is 514 g/mol. The van der Waals surface area contributed by atoms with Gasteiger partial charge in [-0.05, 0) is 53.4 Å². The van der Waals surface area contributed by atoms with Crippen molar-refractivity contribution in [2.45, 2.75) is 24.9 Å². The number of fused-ring (bicyclic) bond motifs is 4. The first-order chi connectivity index (χ1) is 17.9. The van der Waals surface area contributed by atoms with Gasteiger partial charge in [0.15, 0.2) is 0 Å². The molecular formula is C28H23ClN4O4. The van der Waals surface area contributed by atoms with Gasteiger partial charge in [0.25, 0.3) is 5.69 Å². The van der Waals surface area contributed by atoms with E-state index in [1.807, 2.05) is 48.5 Å². The molecule has 3 aromatic carbocycles. The van der Waals surface area contributed by atoms with Crippen LogP contribution in [0.5, 0.6) is 0 Å². The number of hydrogen-bond acceptors (Lipinski definition) is 4. The van der Waals surface area contributed by atoms with Crippen molar-refractivity contribution >= 4 is 40.0 Å². The van der Waals surface area contributed by atoms with Crippen LogP contribution in [0.1, 0.15) is 28.4 Å². The largest absolute Gasteiger partial charge is 0.356 e. The zero-order chi connectivity index (χ0) is 25.7. The number of rotatable bonds is 5. The number of hydrogen-bond donors (Lipinski definition) is 1. The maximum absolute atomic E-state index is 13.8. The third-order valence-electron chi connectivity index (χ3n) is 7.35. The molecule has 0 saturated carbocycles. The summed E-state index contributed by atoms with van der Waals surface area (Å²) in [5.74, 6) is -0.232. The summed E-state index contributed by atoms with van der Waals surface area (Å²) in [7, 11) is 0. The molecule has 0 spiro atoms. The lowest BCUT2D eigenvalue weighted by atomic mass is 9.86. The first kappa shape index (κ1) is 23.2. The van der Waals surface area contributed by atoms with Crippen molar-refractivity contribution in [2.24, 2.45) is 0 Å². The van der Waals surface area contributed by atoms with E-state index in [-0.39, 0.29) is 24.0 Å². The van der Waals surface area contributed by atoms with Crippen LogP contribution >= 0.6 is 11.6 Å². The molecule has 2 unspecified atom stereocenters. The van der Waals surface area contributed by atoms with Gasteiger partial charge in [0.2, 0.25) is 11.8 Å². The number of carbonyl (C=O) groups is 2. The molecule has 186 valence electrons. The molecule has 1 saturated heterocycles. The van der Waals surface area contributed by atoms with Crippen molar-refractivity contribution in [1.29, 1.82) is 0 Å². The number of non-ortho nitro benzene ring substituents is 1. The van der Waals surface area contributed by atoms with Gasteiger partial charge in [-0.25, -0.2) is 0 Å². The quantitative estimate of drug-likeness (QED) is 0.309. The minimum absolute atomic E-state index is 0.0119. The standard InChI is InChI=1S/C28H23ClN4O4/c29-19-9-5-17(6-10-19)13-14-31-16-25(34)32-24(28(31)35)15-22-21-3-1-2-4-23(21)30-26(22)27(32)18-7-11-20(12-8-18)33(36)37/h1-12,24,27,30H,13-16H2. The van der Waals surface area contributed by atoms with Crippen LogP contribution in [0, 0.1) is 10.1 Å². The highest BCUT2D eigenvalue weighted by Crippen LogP contribution is 2.42. The number of aromatic amines is 1. The fourth-order valence-corrected chi connectivity index (χ4v) is 5.68. The van der Waals surface area contributed by atoms with Gasteiger partial charge < -0.3 is 14.8 Å². The average molecular weight is 515 g/mol. The maximum Gasteiger partial charge on any atom is 0.269 e. The summed E-state index contributed by atoms with van der Waals surface area (Å²) in [5, 5.41) is 12.9. The van der Waals surface area contributed by atoms with Gasteiger partial charge >= 0.3 is 0 Å². The number of nitro groups is 1. The molecule has 8 nitrogen and oxygen atoms in total. The first-order valence-electron chi connectivity index (χ1n) is 12.1. The normalized spacial score (nSPS) is 19.2. The molecule has 2 atom stereocenters. The predicted octanol–water partition coefficient (Wildman–Crippen LogP) is 4.66. The minimum Gasteiger partial charge on any atom is -0.356 e. The predicted molar refractivity (Wildman–Crippen MR) is 139 cm³/mol. The lowest BCUT2D eigenvalue weighted by Gasteiger charge is -2.47. The Morgan fingerprint density at radius 2 is 1.73 bits per heavy atom. The van der Waals surface area contributed by atoms with E-state index in [0.717, 1.165) is 33.3 Å². The van der Waals surface area contributed by atoms with E-state index in [0.29, 0.717) is 24.4 Å². The van der Waals surface area contributed by atoms with E-state index in [4.69, 9.17) is 11.6 Å². The number of H-pyrrole nitrogens is 1. The smallest absolute Gasteiger partial charge is 0.269 e. The van der Waals surface area contributed by atoms with Crippen LogP contribution in [-0.2, 0) is 22.4 Å². The number of piperazine rings is 1. The van der Waals surface area contributed by atoms with Crippen molar-refractivity contribution in [3.05, 3.63) is 110 Å². The molecule has 2 aliphatic heterocycles. The van der Waals surface area contributed by atoms with Crippen LogP contribution in [0.15, 0.2) is 72.8 Å². The van der Waals surface area contributed by atoms with Crippen molar-refractivity contribution in [2.75, 3.05) is 13.1 Å². The number of nitrogens with zero attached hydrogens (tertiary/aromatic N) is 3. The van der Waals surface area contributed by atoms with Crippen molar-refractivity contribution in [1.82, 2.24) is 14.8 Å². The summed E-state index contributed by atoms with van der Waals surface area (Å²) in [6.45, 7) is 0.418. The summed E-state index contributed by atoms with van der Waals surface area (Å²) in [6.07, 6.45) is 1.03. The van der Waals surface area contributed by atoms with Crippen LogP contribution in [0.2, 0.25) is 5.02 Å². The molecule has 0 aliphatic carbocycles. The molecule has 6 rings (SSSR count). The van der Waals surface area contributed by atoms with Gasteiger partial charge in [-0.3, -0.25) is 19.7 Å². The molecule has 3 heterocycles. The number of nitrogens with one attached hydrogen (secondary N) is 1. The summed E-state index contributed by atoms with van der Waals surface area (Å²) in [5.41, 5.74) is 4.52. The van der Waals surface area contributed by atoms with E-state index < -0.39 is 17.0 Å². The molecule has 2 amide bonds. The Hall–Kier alpha value is -4.17. The molecule has 0 bridgehead atoms. The zero-order valence-corrected chi connectivity index (χ0v) is 20.5. The van der Waals surface area contributed by atoms with Gasteiger partial charge in [-0.15, -0.1) is 0 Å². The first-order valence-corrected chi connectivity index (χ1v) is 12.5. The molecule has 1 N–H and O–H groups in total. The average Bonchev–Trinajstić information content (AvgIpc) is 3.28. The number of amides is 2. The number of halogens is 1. The lowest BCUT2D eigenvalue weighted by Crippen LogP contribution is -2.63. The Balaban J connectivity index is 1.38. The molecule has 2 aliphatic rings. The Morgan fingerprint density at radius 1 is 1.00 bits per heavy atom. The maximum atomic E-state index is 13.8. The van der Waals surface area contributed by atoms with E-state index in [2.05, 4.69) is 4.98 Å². The second-order valence-corrected chi connectivity index (χ2v) is 9.91. The topological polar surface area (TPSA) is 99.5 Å². The highest BCUT2D eigenvalue weighted by molar-refractivity contribution is 6.30. The van der Waals surface area contributed by atoms with Gasteiger partial charge in [-0.1, -0.05) is 41.9 Å². The van der Waals surface area contributed by atoms with Crippen LogP contribution in [0.3, 0.4) is 0 Å². The zero-order valence-electron chi connectivity index (χ0n) is 19.8. The third-order valence-corrected chi connectivity index (χ3v) is 7.60. The molecular weight excluding hydrogens is 492 g/mol. The Morgan fingerprint density at radius 3 is 2.46 bits per heavy atom. The highest BCUT2D eigenvalue weighted by Gasteiger charge is 2.48. The highest BCUT2D eigenvalue weighted by atomic mass is 35.5. The van der Waals surface area contributed by atoms with E-state index in [1.54, 1.807) is 21.9 Å². The van der Waals surface area contributed by atoms with E-state index in [9.17, 15) is 19.7 Å². The van der Waals surface area contributed by atoms with Gasteiger partial charge in [-0.2, -0.15) is 0 Å². The number of para-hydroxylation sites is 1. The SMILES string of the molecule is O=C1C2Cc3c([nH]c4ccccc34)C(c3ccc([N+](=O)[O-])cc3)N2C(=O)CN1CCc1ccc(Cl)cc1. The molecule has 1 aromatic heterocycles. The fourth-order valence-electron chi connectivity index (χ4n) is 5.55. The summed E-state index contributed by atoms with van der Waals surface area (Å²) < 4.78 is 0. The Kier molecular flexibility index (Phi) is 5.68. The van der Waals surface area contributed by atoms with Crippen molar-refractivity contribution in [3.8, 4) is 0 Å². The van der Waals surface area contributed by atoms with E-state index in [1.165, 1.54) is 12.1 Å². The number of nitro benzene ring substituents is 1. The summed E-state index contributed by atoms with van der Waals surface area (Å²) >= 11 is 5.99. The van der Waals surface area contributed by atoms with Crippen LogP contribution in [0.4, 0.5) is 5.69 Å². The molecule has 0 radical (unpaired) electrons. The van der Waals surface area contributed by atoms with E-state index >= 15 is 0 Å². The summed E-state index contributed by atoms with van der Waals surface area (Å²) in [4.78, 5) is 45.0. The second kappa shape index (κ2) is 9.05. The van der Waals surface area contributed by atoms with Crippen molar-refractivity contribution in [3.63, 3.8) is 0 Å². The van der Waals surface area contributed by atoms with Gasteiger partial charge in [0.1, 0.15) is 6.04 Å². The second-order valence-electron chi connectivity index (χ2n) is 9.47. The van der Waals surface area contributed by atoms with Gasteiger partial charge in [0.05, 0.1) is 17.5 Å². The molecule has 1 fully saturated rings. The minimum atomic E-state index is -0.654. The Labute approximate surface area is 217 Å². The van der Waals surface area contributed by atoms with Crippen LogP contribution in [0.25, 0.3) is 10.9 Å². The molecule has 37 heavy (non-hydrogen) atoms. The lowest BCUT2D eigenvalue weighted by molar-refractivity contribution is -0.384. The number of carbonyl (C=O) groups excluding carboxylic acids is 2. The summed E-state index contributed by atoms with van der Waals surface area (Å²) in [6, 6.07) is 20.4. The third kappa shape index (κ3) is 4.03. The van der Waals surface area contributed by atoms with Crippen LogP contribution < -0.4 is 0 Å². The van der Waals surface area contributed by atoms with Gasteiger partial charge in [0, 0.05) is 46.7 Å². The number of aromatic nitrogens is 1. The van der Waals surface area contributed by atoms with Crippen molar-refractivity contribution < 1.29 is 14.5 Å². The molecule has 9 heteroatoms. The molecule has 4 aromatic rings. The van der Waals surface area contributed by atoms with Crippen LogP contribution in [-0.4, -0.2) is 50.7 Å². The Bertz CT molecular complexity index is 1530. The fraction of sp³-hybridized carbons (Fsp3) is 0.214.